The van der Waals surface area contributed by atoms with Crippen molar-refractivity contribution in [1.82, 2.24) is 14.5 Å². The molecule has 1 N–H and O–H groups in total. The van der Waals surface area contributed by atoms with E-state index >= 15 is 0 Å². The summed E-state index contributed by atoms with van der Waals surface area (Å²) >= 11 is 0. The van der Waals surface area contributed by atoms with Crippen molar-refractivity contribution in [3.63, 3.8) is 0 Å². The fourth-order valence-corrected chi connectivity index (χ4v) is 4.22. The first-order valence-electron chi connectivity index (χ1n) is 11.5. The molecule has 0 saturated carbocycles. The molecule has 2 amide bonds. The molecule has 0 aromatic heterocycles. The minimum atomic E-state index is -3.59. The van der Waals surface area contributed by atoms with Crippen LogP contribution in [0.5, 0.6) is 5.75 Å². The van der Waals surface area contributed by atoms with Gasteiger partial charge in [0, 0.05) is 26.7 Å². The zero-order valence-corrected chi connectivity index (χ0v) is 21.2. The molecule has 1 aliphatic heterocycles. The predicted molar refractivity (Wildman–Crippen MR) is 132 cm³/mol. The quantitative estimate of drug-likeness (QED) is 0.503. The Bertz CT molecular complexity index is 1090. The van der Waals surface area contributed by atoms with E-state index in [2.05, 4.69) is 5.32 Å². The fraction of sp³-hybridized carbons (Fsp3) is 0.440. The van der Waals surface area contributed by atoms with Gasteiger partial charge in [0.1, 0.15) is 11.8 Å². The zero-order valence-electron chi connectivity index (χ0n) is 20.3. The molecule has 2 aromatic carbocycles. The molecule has 35 heavy (non-hydrogen) atoms. The van der Waals surface area contributed by atoms with E-state index < -0.39 is 28.5 Å². The van der Waals surface area contributed by atoms with Crippen LogP contribution in [0.1, 0.15) is 30.0 Å². The molecule has 0 radical (unpaired) electrons. The molecule has 0 spiro atoms. The van der Waals surface area contributed by atoms with Crippen LogP contribution in [0, 0.1) is 0 Å². The number of likely N-dealkylation sites (N-methyl/N-ethyl adjacent to an activating group) is 1. The Morgan fingerprint density at radius 2 is 1.83 bits per heavy atom. The minimum Gasteiger partial charge on any atom is -0.497 e. The number of hydrogen-bond acceptors (Lipinski definition) is 6. The number of rotatable bonds is 11. The Morgan fingerprint density at radius 1 is 1.14 bits per heavy atom. The number of hydrogen-bond donors (Lipinski definition) is 1. The molecule has 1 saturated heterocycles. The van der Waals surface area contributed by atoms with Crippen molar-refractivity contribution in [2.75, 3.05) is 40.1 Å². The highest BCUT2D eigenvalue weighted by molar-refractivity contribution is 7.88. The lowest BCUT2D eigenvalue weighted by Gasteiger charge is -2.33. The number of ether oxygens (including phenoxy) is 2. The van der Waals surface area contributed by atoms with E-state index in [0.29, 0.717) is 24.5 Å². The molecule has 2 aromatic rings. The van der Waals surface area contributed by atoms with Gasteiger partial charge in [0.15, 0.2) is 0 Å². The first kappa shape index (κ1) is 26.7. The zero-order chi connectivity index (χ0) is 25.4. The lowest BCUT2D eigenvalue weighted by atomic mass is 10.0. The monoisotopic (exact) mass is 503 g/mol. The van der Waals surface area contributed by atoms with Crippen molar-refractivity contribution < 1.29 is 27.5 Å². The normalized spacial score (nSPS) is 16.6. The molecular weight excluding hydrogens is 470 g/mol. The average Bonchev–Trinajstić information content (AvgIpc) is 3.36. The number of nitrogens with one attached hydrogen (secondary N) is 1. The molecule has 0 unspecified atom stereocenters. The second-order valence-electron chi connectivity index (χ2n) is 8.58. The Morgan fingerprint density at radius 3 is 2.40 bits per heavy atom. The number of amides is 2. The van der Waals surface area contributed by atoms with Gasteiger partial charge in [-0.15, -0.1) is 0 Å². The number of sulfonamides is 1. The molecule has 190 valence electrons. The van der Waals surface area contributed by atoms with Crippen molar-refractivity contribution in [3.05, 3.63) is 65.7 Å². The van der Waals surface area contributed by atoms with Crippen molar-refractivity contribution in [1.29, 1.82) is 0 Å². The number of methoxy groups -OCH3 is 1. The van der Waals surface area contributed by atoms with Crippen LogP contribution in [-0.4, -0.2) is 75.7 Å². The van der Waals surface area contributed by atoms with Gasteiger partial charge < -0.3 is 19.7 Å². The second-order valence-corrected chi connectivity index (χ2v) is 10.7. The van der Waals surface area contributed by atoms with Gasteiger partial charge in [-0.3, -0.25) is 9.59 Å². The Hall–Kier alpha value is -2.95. The van der Waals surface area contributed by atoms with Gasteiger partial charge in [0.25, 0.3) is 0 Å². The fourth-order valence-electron chi connectivity index (χ4n) is 3.87. The molecule has 9 nitrogen and oxygen atoms in total. The van der Waals surface area contributed by atoms with Crippen LogP contribution in [0.15, 0.2) is 54.6 Å². The van der Waals surface area contributed by atoms with Crippen LogP contribution in [0.2, 0.25) is 0 Å². The highest BCUT2D eigenvalue weighted by Crippen LogP contribution is 2.25. The van der Waals surface area contributed by atoms with E-state index in [4.69, 9.17) is 9.47 Å². The maximum Gasteiger partial charge on any atom is 0.247 e. The van der Waals surface area contributed by atoms with Crippen molar-refractivity contribution in [2.45, 2.75) is 31.5 Å². The third-order valence-electron chi connectivity index (χ3n) is 5.96. The Balaban J connectivity index is 1.94. The third kappa shape index (κ3) is 7.51. The number of carbonyl (C=O) groups excluding carboxylic acids is 2. The summed E-state index contributed by atoms with van der Waals surface area (Å²) in [6, 6.07) is 15.2. The van der Waals surface area contributed by atoms with Gasteiger partial charge in [-0.25, -0.2) is 8.42 Å². The van der Waals surface area contributed by atoms with Crippen LogP contribution in [0.25, 0.3) is 0 Å². The third-order valence-corrected chi connectivity index (χ3v) is 7.22. The molecular formula is C25H33N3O6S. The lowest BCUT2D eigenvalue weighted by Crippen LogP contribution is -2.48. The minimum absolute atomic E-state index is 0.0579. The maximum absolute atomic E-state index is 13.5. The molecule has 1 fully saturated rings. The van der Waals surface area contributed by atoms with Crippen LogP contribution in [0.3, 0.4) is 0 Å². The SMILES string of the molecule is COc1ccc(CN(C(=O)CN(C)S(C)(=O)=O)[C@H](C(=O)NC[C@H]2CCCO2)c2ccccc2)cc1. The van der Waals surface area contributed by atoms with Crippen LogP contribution >= 0.6 is 0 Å². The van der Waals surface area contributed by atoms with Gasteiger partial charge in [0.2, 0.25) is 21.8 Å². The van der Waals surface area contributed by atoms with Crippen LogP contribution in [0.4, 0.5) is 0 Å². The smallest absolute Gasteiger partial charge is 0.247 e. The summed E-state index contributed by atoms with van der Waals surface area (Å²) in [6.07, 6.45) is 2.79. The van der Waals surface area contributed by atoms with Crippen LogP contribution in [-0.2, 0) is 30.9 Å². The molecule has 2 atom stereocenters. The van der Waals surface area contributed by atoms with E-state index in [1.54, 1.807) is 43.5 Å². The van der Waals surface area contributed by atoms with Crippen LogP contribution < -0.4 is 10.1 Å². The Kier molecular flexibility index (Phi) is 9.25. The predicted octanol–water partition coefficient (Wildman–Crippen LogP) is 1.95. The largest absolute Gasteiger partial charge is 0.497 e. The summed E-state index contributed by atoms with van der Waals surface area (Å²) in [5.74, 6) is -0.178. The van der Waals surface area contributed by atoms with E-state index in [1.165, 1.54) is 11.9 Å². The highest BCUT2D eigenvalue weighted by atomic mass is 32.2. The summed E-state index contributed by atoms with van der Waals surface area (Å²) in [5.41, 5.74) is 1.40. The Labute approximate surface area is 207 Å². The first-order valence-corrected chi connectivity index (χ1v) is 13.3. The topological polar surface area (TPSA) is 105 Å². The molecule has 0 bridgehead atoms. The number of benzene rings is 2. The van der Waals surface area contributed by atoms with Crippen molar-refractivity contribution >= 4 is 21.8 Å². The average molecular weight is 504 g/mol. The summed E-state index contributed by atoms with van der Waals surface area (Å²) in [4.78, 5) is 28.4. The number of carbonyl (C=O) groups is 2. The van der Waals surface area contributed by atoms with E-state index in [9.17, 15) is 18.0 Å². The lowest BCUT2D eigenvalue weighted by molar-refractivity contribution is -0.141. The molecule has 1 heterocycles. The molecule has 10 heteroatoms. The van der Waals surface area contributed by atoms with Crippen molar-refractivity contribution in [3.8, 4) is 5.75 Å². The van der Waals surface area contributed by atoms with Gasteiger partial charge in [-0.2, -0.15) is 4.31 Å². The van der Waals surface area contributed by atoms with Gasteiger partial charge in [-0.1, -0.05) is 42.5 Å². The number of nitrogens with zero attached hydrogens (tertiary/aromatic N) is 2. The van der Waals surface area contributed by atoms with Gasteiger partial charge in [-0.05, 0) is 36.1 Å². The van der Waals surface area contributed by atoms with E-state index in [1.807, 2.05) is 18.2 Å². The molecule has 3 rings (SSSR count). The second kappa shape index (κ2) is 12.1. The summed E-state index contributed by atoms with van der Waals surface area (Å²) < 4.78 is 35.8. The van der Waals surface area contributed by atoms with Crippen molar-refractivity contribution in [2.24, 2.45) is 0 Å². The maximum atomic E-state index is 13.5. The van der Waals surface area contributed by atoms with Gasteiger partial charge >= 0.3 is 0 Å². The molecule has 0 aliphatic carbocycles. The summed E-state index contributed by atoms with van der Waals surface area (Å²) in [6.45, 7) is 0.725. The summed E-state index contributed by atoms with van der Waals surface area (Å²) in [5, 5.41) is 2.94. The molecule has 1 aliphatic rings. The summed E-state index contributed by atoms with van der Waals surface area (Å²) in [7, 11) is -0.687. The van der Waals surface area contributed by atoms with Gasteiger partial charge in [0.05, 0.1) is 26.0 Å². The van der Waals surface area contributed by atoms with E-state index in [0.717, 1.165) is 29.0 Å². The standard InChI is InChI=1S/C25H33N3O6S/c1-27(35(3,31)32)18-23(29)28(17-19-11-13-21(33-2)14-12-19)24(20-8-5-4-6-9-20)25(30)26-16-22-10-7-15-34-22/h4-6,8-9,11-14,22,24H,7,10,15-18H2,1-3H3,(H,26,30)/t22-,24+/m1/s1. The van der Waals surface area contributed by atoms with E-state index in [-0.39, 0.29) is 18.6 Å². The first-order chi connectivity index (χ1) is 16.7. The highest BCUT2D eigenvalue weighted by Gasteiger charge is 2.33.